The van der Waals surface area contributed by atoms with Crippen LogP contribution in [0.1, 0.15) is 54.1 Å². The molecule has 3 aromatic rings. The standard InChI is InChI=1S/C27H28N2O2/c1-17-7-5-6-8-21(17)15-29-10-9-20(25(16-29)27(31)28-4)13-23-14-22-11-18(2)19(3)12-24(22)26(23)30/h5-12,16,23H,13-15H2,1-4H3/p+1. The number of ketones is 1. The van der Waals surface area contributed by atoms with Crippen LogP contribution in [-0.4, -0.2) is 18.7 Å². The third-order valence-electron chi connectivity index (χ3n) is 6.48. The SMILES string of the molecule is CNC(=O)c1c[n+](Cc2ccccc2C)ccc1CC1Cc2cc(C)c(C)cc2C1=O. The lowest BCUT2D eigenvalue weighted by molar-refractivity contribution is -0.688. The van der Waals surface area contributed by atoms with Gasteiger partial charge >= 0.3 is 0 Å². The van der Waals surface area contributed by atoms with Crippen LogP contribution >= 0.6 is 0 Å². The first-order valence-electron chi connectivity index (χ1n) is 10.8. The van der Waals surface area contributed by atoms with E-state index < -0.39 is 0 Å². The Morgan fingerprint density at radius 1 is 1.03 bits per heavy atom. The molecular formula is C27H29N2O2+. The second-order valence-electron chi connectivity index (χ2n) is 8.62. The van der Waals surface area contributed by atoms with E-state index in [9.17, 15) is 9.59 Å². The highest BCUT2D eigenvalue weighted by Gasteiger charge is 2.32. The first-order valence-corrected chi connectivity index (χ1v) is 10.8. The highest BCUT2D eigenvalue weighted by Crippen LogP contribution is 2.31. The average molecular weight is 414 g/mol. The molecule has 1 amide bonds. The van der Waals surface area contributed by atoms with Crippen molar-refractivity contribution in [2.45, 2.75) is 40.2 Å². The number of fused-ring (bicyclic) bond motifs is 1. The zero-order valence-corrected chi connectivity index (χ0v) is 18.7. The topological polar surface area (TPSA) is 50.1 Å². The Morgan fingerprint density at radius 2 is 1.77 bits per heavy atom. The molecule has 0 saturated heterocycles. The smallest absolute Gasteiger partial charge is 0.257 e. The number of nitrogens with one attached hydrogen (secondary N) is 1. The van der Waals surface area contributed by atoms with Crippen LogP contribution in [0.5, 0.6) is 0 Å². The third kappa shape index (κ3) is 4.15. The molecule has 1 aliphatic rings. The normalized spacial score (nSPS) is 15.1. The van der Waals surface area contributed by atoms with E-state index in [0.29, 0.717) is 18.5 Å². The number of rotatable bonds is 5. The predicted molar refractivity (Wildman–Crippen MR) is 121 cm³/mol. The van der Waals surface area contributed by atoms with Gasteiger partial charge in [-0.15, -0.1) is 0 Å². The second kappa shape index (κ2) is 8.46. The van der Waals surface area contributed by atoms with E-state index in [1.807, 2.05) is 48.1 Å². The average Bonchev–Trinajstić information content (AvgIpc) is 3.05. The van der Waals surface area contributed by atoms with E-state index in [4.69, 9.17) is 0 Å². The van der Waals surface area contributed by atoms with E-state index in [0.717, 1.165) is 28.7 Å². The predicted octanol–water partition coefficient (Wildman–Crippen LogP) is 3.90. The van der Waals surface area contributed by atoms with Gasteiger partial charge in [0.15, 0.2) is 24.7 Å². The summed E-state index contributed by atoms with van der Waals surface area (Å²) in [4.78, 5) is 25.7. The molecule has 0 radical (unpaired) electrons. The Balaban J connectivity index is 1.62. The molecule has 4 heteroatoms. The number of aryl methyl sites for hydroxylation is 3. The minimum Gasteiger partial charge on any atom is -0.355 e. The molecule has 0 aliphatic heterocycles. The fraction of sp³-hybridized carbons (Fsp3) is 0.296. The van der Waals surface area contributed by atoms with Crippen molar-refractivity contribution in [2.24, 2.45) is 5.92 Å². The fourth-order valence-corrected chi connectivity index (χ4v) is 4.45. The van der Waals surface area contributed by atoms with Gasteiger partial charge < -0.3 is 5.32 Å². The highest BCUT2D eigenvalue weighted by molar-refractivity contribution is 6.03. The van der Waals surface area contributed by atoms with Crippen molar-refractivity contribution in [1.29, 1.82) is 0 Å². The van der Waals surface area contributed by atoms with Crippen LogP contribution in [0.4, 0.5) is 0 Å². The van der Waals surface area contributed by atoms with Crippen molar-refractivity contribution in [2.75, 3.05) is 7.05 Å². The minimum atomic E-state index is -0.121. The molecule has 4 nitrogen and oxygen atoms in total. The Kier molecular flexibility index (Phi) is 5.73. The van der Waals surface area contributed by atoms with Gasteiger partial charge in [0.2, 0.25) is 0 Å². The highest BCUT2D eigenvalue weighted by atomic mass is 16.1. The van der Waals surface area contributed by atoms with Gasteiger partial charge in [-0.1, -0.05) is 30.3 Å². The van der Waals surface area contributed by atoms with E-state index in [1.165, 1.54) is 16.7 Å². The quantitative estimate of drug-likeness (QED) is 0.645. The summed E-state index contributed by atoms with van der Waals surface area (Å²) >= 11 is 0. The van der Waals surface area contributed by atoms with Gasteiger partial charge in [-0.3, -0.25) is 9.59 Å². The molecule has 2 aromatic carbocycles. The lowest BCUT2D eigenvalue weighted by atomic mass is 9.93. The maximum absolute atomic E-state index is 13.1. The third-order valence-corrected chi connectivity index (χ3v) is 6.48. The molecule has 1 aromatic heterocycles. The van der Waals surface area contributed by atoms with Gasteiger partial charge in [-0.05, 0) is 67.5 Å². The first kappa shape index (κ1) is 21.0. The van der Waals surface area contributed by atoms with Crippen molar-refractivity contribution in [3.05, 3.63) is 99.4 Å². The molecule has 4 rings (SSSR count). The van der Waals surface area contributed by atoms with Gasteiger partial charge in [0, 0.05) is 30.2 Å². The largest absolute Gasteiger partial charge is 0.355 e. The van der Waals surface area contributed by atoms with Gasteiger partial charge in [-0.25, -0.2) is 0 Å². The van der Waals surface area contributed by atoms with Crippen molar-refractivity contribution in [3.63, 3.8) is 0 Å². The second-order valence-corrected chi connectivity index (χ2v) is 8.62. The number of Topliss-reactive ketones (excluding diaryl/α,β-unsaturated/α-hetero) is 1. The summed E-state index contributed by atoms with van der Waals surface area (Å²) < 4.78 is 2.04. The molecule has 0 fully saturated rings. The van der Waals surface area contributed by atoms with Crippen LogP contribution in [0.25, 0.3) is 0 Å². The lowest BCUT2D eigenvalue weighted by Gasteiger charge is -2.12. The molecule has 0 saturated carbocycles. The number of pyridine rings is 1. The number of aromatic nitrogens is 1. The first-order chi connectivity index (χ1) is 14.9. The number of hydrogen-bond acceptors (Lipinski definition) is 2. The van der Waals surface area contributed by atoms with E-state index in [-0.39, 0.29) is 17.6 Å². The minimum absolute atomic E-state index is 0.119. The molecule has 0 bridgehead atoms. The van der Waals surface area contributed by atoms with Crippen molar-refractivity contribution in [3.8, 4) is 0 Å². The van der Waals surface area contributed by atoms with Crippen molar-refractivity contribution in [1.82, 2.24) is 5.32 Å². The Hall–Kier alpha value is -3.27. The summed E-state index contributed by atoms with van der Waals surface area (Å²) in [6.07, 6.45) is 5.22. The van der Waals surface area contributed by atoms with E-state index >= 15 is 0 Å². The molecule has 158 valence electrons. The molecule has 1 unspecified atom stereocenters. The number of amides is 1. The zero-order valence-electron chi connectivity index (χ0n) is 18.7. The maximum atomic E-state index is 13.1. The Labute approximate surface area is 183 Å². The van der Waals surface area contributed by atoms with Crippen LogP contribution in [0.3, 0.4) is 0 Å². The lowest BCUT2D eigenvalue weighted by Crippen LogP contribution is -2.37. The monoisotopic (exact) mass is 413 g/mol. The Bertz CT molecular complexity index is 1180. The maximum Gasteiger partial charge on any atom is 0.257 e. The molecule has 1 heterocycles. The zero-order chi connectivity index (χ0) is 22.1. The van der Waals surface area contributed by atoms with Crippen LogP contribution in [-0.2, 0) is 19.4 Å². The summed E-state index contributed by atoms with van der Waals surface area (Å²) in [6.45, 7) is 6.92. The van der Waals surface area contributed by atoms with Gasteiger partial charge in [0.1, 0.15) is 5.56 Å². The molecule has 31 heavy (non-hydrogen) atoms. The fourth-order valence-electron chi connectivity index (χ4n) is 4.45. The van der Waals surface area contributed by atoms with E-state index in [2.05, 4.69) is 37.4 Å². The van der Waals surface area contributed by atoms with Gasteiger partial charge in [-0.2, -0.15) is 4.57 Å². The van der Waals surface area contributed by atoms with Gasteiger partial charge in [0.25, 0.3) is 5.91 Å². The Morgan fingerprint density at radius 3 is 2.52 bits per heavy atom. The number of carbonyl (C=O) groups is 2. The molecule has 1 N–H and O–H groups in total. The van der Waals surface area contributed by atoms with Crippen molar-refractivity contribution >= 4 is 11.7 Å². The molecule has 1 aliphatic carbocycles. The van der Waals surface area contributed by atoms with Crippen LogP contribution in [0, 0.1) is 26.7 Å². The number of nitrogens with zero attached hydrogens (tertiary/aromatic N) is 1. The van der Waals surface area contributed by atoms with Gasteiger partial charge in [0.05, 0.1) is 0 Å². The van der Waals surface area contributed by atoms with Crippen LogP contribution < -0.4 is 9.88 Å². The number of benzene rings is 2. The van der Waals surface area contributed by atoms with E-state index in [1.54, 1.807) is 7.05 Å². The molecular weight excluding hydrogens is 384 g/mol. The summed E-state index contributed by atoms with van der Waals surface area (Å²) in [6, 6.07) is 14.4. The summed E-state index contributed by atoms with van der Waals surface area (Å²) in [5.41, 5.74) is 8.33. The summed E-state index contributed by atoms with van der Waals surface area (Å²) in [5, 5.41) is 2.76. The molecule has 0 spiro atoms. The summed E-state index contributed by atoms with van der Waals surface area (Å²) in [5.74, 6) is -0.0480. The molecule has 1 atom stereocenters. The number of hydrogen-bond donors (Lipinski definition) is 1. The van der Waals surface area contributed by atoms with Crippen LogP contribution in [0.2, 0.25) is 0 Å². The summed E-state index contributed by atoms with van der Waals surface area (Å²) in [7, 11) is 1.65. The van der Waals surface area contributed by atoms with Crippen molar-refractivity contribution < 1.29 is 14.2 Å². The number of carbonyl (C=O) groups excluding carboxylic acids is 2. The van der Waals surface area contributed by atoms with Crippen LogP contribution in [0.15, 0.2) is 54.9 Å².